The van der Waals surface area contributed by atoms with Gasteiger partial charge < -0.3 is 0 Å². The highest BCUT2D eigenvalue weighted by molar-refractivity contribution is 5.85. The second-order valence-corrected chi connectivity index (χ2v) is 7.17. The summed E-state index contributed by atoms with van der Waals surface area (Å²) in [6.45, 7) is 3.78. The summed E-state index contributed by atoms with van der Waals surface area (Å²) in [6.07, 6.45) is 7.62. The lowest BCUT2D eigenvalue weighted by Crippen LogP contribution is -2.36. The molecule has 146 valence electrons. The van der Waals surface area contributed by atoms with Gasteiger partial charge in [0.15, 0.2) is 0 Å². The molecule has 3 heterocycles. The van der Waals surface area contributed by atoms with Crippen molar-refractivity contribution < 1.29 is 0 Å². The number of likely N-dealkylation sites (tertiary alicyclic amines) is 1. The fourth-order valence-corrected chi connectivity index (χ4v) is 3.74. The molecule has 0 unspecified atom stereocenters. The molecule has 6 heteroatoms. The molecule has 5 nitrogen and oxygen atoms in total. The minimum Gasteiger partial charge on any atom is -0.299 e. The van der Waals surface area contributed by atoms with E-state index < -0.39 is 0 Å². The van der Waals surface area contributed by atoms with Gasteiger partial charge in [-0.05, 0) is 61.2 Å². The third-order valence-corrected chi connectivity index (χ3v) is 5.29. The molecule has 0 saturated carbocycles. The number of halogens is 1. The molecule has 1 aromatic carbocycles. The van der Waals surface area contributed by atoms with Crippen molar-refractivity contribution in [3.05, 3.63) is 83.0 Å². The predicted molar refractivity (Wildman–Crippen MR) is 113 cm³/mol. The first kappa shape index (κ1) is 20.2. The van der Waals surface area contributed by atoms with Crippen molar-refractivity contribution in [2.75, 3.05) is 13.1 Å². The number of pyridine rings is 1. The minimum atomic E-state index is 0. The van der Waals surface area contributed by atoms with Crippen LogP contribution in [0.2, 0.25) is 0 Å². The Morgan fingerprint density at radius 1 is 0.929 bits per heavy atom. The van der Waals surface area contributed by atoms with Gasteiger partial charge in [-0.1, -0.05) is 30.3 Å². The Labute approximate surface area is 171 Å². The maximum Gasteiger partial charge on any atom is 0.274 e. The van der Waals surface area contributed by atoms with Gasteiger partial charge in [0.05, 0.1) is 5.56 Å². The fourth-order valence-electron chi connectivity index (χ4n) is 3.74. The van der Waals surface area contributed by atoms with E-state index in [1.807, 2.05) is 48.8 Å². The predicted octanol–water partition coefficient (Wildman–Crippen LogP) is 3.64. The lowest BCUT2D eigenvalue weighted by molar-refractivity contribution is 0.163. The largest absolute Gasteiger partial charge is 0.299 e. The molecule has 2 aromatic heterocycles. The van der Waals surface area contributed by atoms with Crippen LogP contribution in [0.3, 0.4) is 0 Å². The third-order valence-electron chi connectivity index (χ3n) is 5.29. The normalized spacial score (nSPS) is 15.1. The van der Waals surface area contributed by atoms with E-state index in [1.54, 1.807) is 10.9 Å². The maximum absolute atomic E-state index is 12.8. The smallest absolute Gasteiger partial charge is 0.274 e. The van der Waals surface area contributed by atoms with E-state index in [9.17, 15) is 4.79 Å². The highest BCUT2D eigenvalue weighted by Crippen LogP contribution is 2.20. The molecule has 4 rings (SSSR count). The first-order chi connectivity index (χ1) is 13.3. The maximum atomic E-state index is 12.8. The number of aromatic nitrogens is 3. The summed E-state index contributed by atoms with van der Waals surface area (Å²) in [7, 11) is 0. The van der Waals surface area contributed by atoms with Gasteiger partial charge >= 0.3 is 0 Å². The second kappa shape index (κ2) is 9.62. The number of piperidine rings is 1. The topological polar surface area (TPSA) is 51.0 Å². The van der Waals surface area contributed by atoms with Crippen molar-refractivity contribution in [2.24, 2.45) is 5.92 Å². The molecular formula is C22H25ClN4O. The van der Waals surface area contributed by atoms with Gasteiger partial charge in [0.25, 0.3) is 5.56 Å². The SMILES string of the molecule is Cl.O=c1c(-c2ccccc2)ccnn1CC1CCN(Cc2ccncc2)CC1. The van der Waals surface area contributed by atoms with Crippen molar-refractivity contribution >= 4 is 12.4 Å². The van der Waals surface area contributed by atoms with E-state index in [0.29, 0.717) is 12.5 Å². The number of hydrogen-bond donors (Lipinski definition) is 0. The average Bonchev–Trinajstić information content (AvgIpc) is 2.72. The van der Waals surface area contributed by atoms with Crippen LogP contribution in [-0.4, -0.2) is 32.8 Å². The first-order valence-corrected chi connectivity index (χ1v) is 9.52. The molecule has 0 N–H and O–H groups in total. The first-order valence-electron chi connectivity index (χ1n) is 9.52. The monoisotopic (exact) mass is 396 g/mol. The molecule has 0 radical (unpaired) electrons. The summed E-state index contributed by atoms with van der Waals surface area (Å²) in [5, 5.41) is 4.33. The highest BCUT2D eigenvalue weighted by Gasteiger charge is 2.20. The molecule has 3 aromatic rings. The zero-order chi connectivity index (χ0) is 18.5. The molecule has 28 heavy (non-hydrogen) atoms. The summed E-state index contributed by atoms with van der Waals surface area (Å²) in [4.78, 5) is 19.4. The molecule has 1 saturated heterocycles. The van der Waals surface area contributed by atoms with E-state index in [4.69, 9.17) is 0 Å². The Bertz CT molecular complexity index is 922. The summed E-state index contributed by atoms with van der Waals surface area (Å²) in [5.41, 5.74) is 2.98. The summed E-state index contributed by atoms with van der Waals surface area (Å²) < 4.78 is 1.64. The molecule has 1 fully saturated rings. The number of benzene rings is 1. The lowest BCUT2D eigenvalue weighted by atomic mass is 9.96. The van der Waals surface area contributed by atoms with Crippen LogP contribution in [0.25, 0.3) is 11.1 Å². The molecule has 0 amide bonds. The van der Waals surface area contributed by atoms with Gasteiger partial charge in [0, 0.05) is 31.7 Å². The van der Waals surface area contributed by atoms with Crippen LogP contribution in [0.4, 0.5) is 0 Å². The molecular weight excluding hydrogens is 372 g/mol. The van der Waals surface area contributed by atoms with Crippen molar-refractivity contribution in [3.63, 3.8) is 0 Å². The minimum absolute atomic E-state index is 0. The van der Waals surface area contributed by atoms with Crippen LogP contribution in [0, 0.1) is 5.92 Å². The van der Waals surface area contributed by atoms with Crippen molar-refractivity contribution in [1.29, 1.82) is 0 Å². The Kier molecular flexibility index (Phi) is 6.95. The van der Waals surface area contributed by atoms with E-state index in [2.05, 4.69) is 27.1 Å². The molecule has 0 bridgehead atoms. The second-order valence-electron chi connectivity index (χ2n) is 7.17. The van der Waals surface area contributed by atoms with Crippen molar-refractivity contribution in [1.82, 2.24) is 19.7 Å². The van der Waals surface area contributed by atoms with Gasteiger partial charge in [-0.2, -0.15) is 5.10 Å². The van der Waals surface area contributed by atoms with Crippen molar-refractivity contribution in [2.45, 2.75) is 25.9 Å². The van der Waals surface area contributed by atoms with Gasteiger partial charge in [-0.25, -0.2) is 4.68 Å². The van der Waals surface area contributed by atoms with E-state index >= 15 is 0 Å². The van der Waals surface area contributed by atoms with Crippen LogP contribution in [0.15, 0.2) is 71.9 Å². The zero-order valence-electron chi connectivity index (χ0n) is 15.8. The van der Waals surface area contributed by atoms with E-state index in [-0.39, 0.29) is 18.0 Å². The number of rotatable bonds is 5. The van der Waals surface area contributed by atoms with Crippen LogP contribution >= 0.6 is 12.4 Å². The Morgan fingerprint density at radius 2 is 1.64 bits per heavy atom. The average molecular weight is 397 g/mol. The molecule has 0 spiro atoms. The highest BCUT2D eigenvalue weighted by atomic mass is 35.5. The van der Waals surface area contributed by atoms with Crippen molar-refractivity contribution in [3.8, 4) is 11.1 Å². The third kappa shape index (κ3) is 4.86. The Hall–Kier alpha value is -2.50. The summed E-state index contributed by atoms with van der Waals surface area (Å²) in [5.74, 6) is 0.495. The van der Waals surface area contributed by atoms with E-state index in [1.165, 1.54) is 5.56 Å². The van der Waals surface area contributed by atoms with Gasteiger partial charge in [0.1, 0.15) is 0 Å². The van der Waals surface area contributed by atoms with Gasteiger partial charge in [0.2, 0.25) is 0 Å². The molecule has 1 aliphatic rings. The Morgan fingerprint density at radius 3 is 2.36 bits per heavy atom. The van der Waals surface area contributed by atoms with Gasteiger partial charge in [-0.15, -0.1) is 12.4 Å². The molecule has 0 atom stereocenters. The molecule has 1 aliphatic heterocycles. The van der Waals surface area contributed by atoms with Crippen LogP contribution in [-0.2, 0) is 13.1 Å². The van der Waals surface area contributed by atoms with Crippen LogP contribution in [0.5, 0.6) is 0 Å². The standard InChI is InChI=1S/C22H24N4O.ClH/c27-22-21(20-4-2-1-3-5-20)8-13-24-26(22)17-19-9-14-25(15-10-19)16-18-6-11-23-12-7-18;/h1-8,11-13,19H,9-10,14-17H2;1H. The summed E-state index contributed by atoms with van der Waals surface area (Å²) in [6, 6.07) is 15.8. The number of nitrogens with zero attached hydrogens (tertiary/aromatic N) is 4. The van der Waals surface area contributed by atoms with Crippen LogP contribution in [0.1, 0.15) is 18.4 Å². The Balaban J connectivity index is 0.00000225. The van der Waals surface area contributed by atoms with Gasteiger partial charge in [-0.3, -0.25) is 14.7 Å². The van der Waals surface area contributed by atoms with E-state index in [0.717, 1.165) is 43.6 Å². The quantitative estimate of drug-likeness (QED) is 0.660. The lowest BCUT2D eigenvalue weighted by Gasteiger charge is -2.32. The van der Waals surface area contributed by atoms with Crippen LogP contribution < -0.4 is 5.56 Å². The molecule has 0 aliphatic carbocycles. The summed E-state index contributed by atoms with van der Waals surface area (Å²) >= 11 is 0. The number of hydrogen-bond acceptors (Lipinski definition) is 4. The zero-order valence-corrected chi connectivity index (χ0v) is 16.6. The fraction of sp³-hybridized carbons (Fsp3) is 0.318.